The Labute approximate surface area is 102 Å². The average Bonchev–Trinajstić information content (AvgIpc) is 2.83. The molecule has 1 aromatic heterocycles. The Morgan fingerprint density at radius 1 is 1.29 bits per heavy atom. The third kappa shape index (κ3) is 3.21. The van der Waals surface area contributed by atoms with Crippen molar-refractivity contribution in [3.63, 3.8) is 0 Å². The van der Waals surface area contributed by atoms with E-state index in [1.54, 1.807) is 12.5 Å². The van der Waals surface area contributed by atoms with Gasteiger partial charge in [0.15, 0.2) is 0 Å². The van der Waals surface area contributed by atoms with Crippen LogP contribution < -0.4 is 5.32 Å². The SMILES string of the molecule is CC(C)=CCNc1ccc(-n2ccnc2)cc1. The van der Waals surface area contributed by atoms with E-state index >= 15 is 0 Å². The lowest BCUT2D eigenvalue weighted by atomic mass is 10.2. The number of benzene rings is 1. The third-order valence-corrected chi connectivity index (χ3v) is 2.49. The molecule has 0 amide bonds. The summed E-state index contributed by atoms with van der Waals surface area (Å²) in [4.78, 5) is 4.03. The lowest BCUT2D eigenvalue weighted by Gasteiger charge is -2.06. The first kappa shape index (κ1) is 11.5. The predicted molar refractivity (Wildman–Crippen MR) is 71.5 cm³/mol. The molecule has 88 valence electrons. The molecule has 2 rings (SSSR count). The second-order valence-corrected chi connectivity index (χ2v) is 4.18. The zero-order chi connectivity index (χ0) is 12.1. The Hall–Kier alpha value is -2.03. The second-order valence-electron chi connectivity index (χ2n) is 4.18. The molecule has 0 saturated carbocycles. The maximum absolute atomic E-state index is 4.03. The van der Waals surface area contributed by atoms with E-state index in [0.29, 0.717) is 0 Å². The number of imidazole rings is 1. The monoisotopic (exact) mass is 227 g/mol. The molecule has 0 atom stereocenters. The fraction of sp³-hybridized carbons (Fsp3) is 0.214. The number of hydrogen-bond acceptors (Lipinski definition) is 2. The zero-order valence-corrected chi connectivity index (χ0v) is 10.2. The molecule has 3 nitrogen and oxygen atoms in total. The molecule has 1 aromatic carbocycles. The highest BCUT2D eigenvalue weighted by molar-refractivity contribution is 5.49. The standard InChI is InChI=1S/C14H17N3/c1-12(2)7-8-16-13-3-5-14(6-4-13)17-10-9-15-11-17/h3-7,9-11,16H,8H2,1-2H3. The first-order valence-electron chi connectivity index (χ1n) is 5.71. The van der Waals surface area contributed by atoms with Gasteiger partial charge in [-0.2, -0.15) is 0 Å². The molecule has 0 radical (unpaired) electrons. The van der Waals surface area contributed by atoms with Crippen LogP contribution >= 0.6 is 0 Å². The number of rotatable bonds is 4. The fourth-order valence-corrected chi connectivity index (χ4v) is 1.54. The van der Waals surface area contributed by atoms with Crippen LogP contribution in [0.15, 0.2) is 54.6 Å². The highest BCUT2D eigenvalue weighted by Gasteiger charge is 1.95. The van der Waals surface area contributed by atoms with Gasteiger partial charge in [-0.3, -0.25) is 0 Å². The van der Waals surface area contributed by atoms with Crippen molar-refractivity contribution in [1.82, 2.24) is 9.55 Å². The molecule has 0 unspecified atom stereocenters. The van der Waals surface area contributed by atoms with Gasteiger partial charge < -0.3 is 9.88 Å². The van der Waals surface area contributed by atoms with Crippen LogP contribution in [0.3, 0.4) is 0 Å². The number of hydrogen-bond donors (Lipinski definition) is 1. The molecular formula is C14H17N3. The Bertz CT molecular complexity index is 477. The van der Waals surface area contributed by atoms with Gasteiger partial charge in [-0.25, -0.2) is 4.98 Å². The lowest BCUT2D eigenvalue weighted by Crippen LogP contribution is -1.99. The molecule has 0 aliphatic carbocycles. The Morgan fingerprint density at radius 3 is 2.65 bits per heavy atom. The van der Waals surface area contributed by atoms with E-state index in [1.165, 1.54) is 5.57 Å². The number of allylic oxidation sites excluding steroid dienone is 1. The van der Waals surface area contributed by atoms with Crippen LogP contribution in [0.2, 0.25) is 0 Å². The van der Waals surface area contributed by atoms with Crippen LogP contribution in [0.1, 0.15) is 13.8 Å². The van der Waals surface area contributed by atoms with Crippen LogP contribution in [0.25, 0.3) is 5.69 Å². The summed E-state index contributed by atoms with van der Waals surface area (Å²) >= 11 is 0. The minimum atomic E-state index is 0.868. The van der Waals surface area contributed by atoms with E-state index in [-0.39, 0.29) is 0 Å². The van der Waals surface area contributed by atoms with E-state index in [4.69, 9.17) is 0 Å². The summed E-state index contributed by atoms with van der Waals surface area (Å²) in [7, 11) is 0. The van der Waals surface area contributed by atoms with Gasteiger partial charge in [0.25, 0.3) is 0 Å². The van der Waals surface area contributed by atoms with Crippen molar-refractivity contribution in [2.24, 2.45) is 0 Å². The molecular weight excluding hydrogens is 210 g/mol. The van der Waals surface area contributed by atoms with Gasteiger partial charge in [-0.15, -0.1) is 0 Å². The van der Waals surface area contributed by atoms with E-state index in [9.17, 15) is 0 Å². The van der Waals surface area contributed by atoms with E-state index < -0.39 is 0 Å². The summed E-state index contributed by atoms with van der Waals surface area (Å²) in [5.74, 6) is 0. The molecule has 2 aromatic rings. The predicted octanol–water partition coefficient (Wildman–Crippen LogP) is 3.25. The Kier molecular flexibility index (Phi) is 3.60. The minimum absolute atomic E-state index is 0.868. The molecule has 0 aliphatic heterocycles. The number of nitrogens with one attached hydrogen (secondary N) is 1. The summed E-state index contributed by atoms with van der Waals surface area (Å²) < 4.78 is 1.99. The third-order valence-electron chi connectivity index (χ3n) is 2.49. The summed E-state index contributed by atoms with van der Waals surface area (Å²) in [6.07, 6.45) is 7.68. The summed E-state index contributed by atoms with van der Waals surface area (Å²) in [6.45, 7) is 5.07. The smallest absolute Gasteiger partial charge is 0.0991 e. The molecule has 17 heavy (non-hydrogen) atoms. The fourth-order valence-electron chi connectivity index (χ4n) is 1.54. The number of anilines is 1. The molecule has 3 heteroatoms. The van der Waals surface area contributed by atoms with Crippen molar-refractivity contribution < 1.29 is 0 Å². The Balaban J connectivity index is 2.01. The maximum Gasteiger partial charge on any atom is 0.0991 e. The highest BCUT2D eigenvalue weighted by atomic mass is 15.0. The van der Waals surface area contributed by atoms with Crippen LogP contribution in [-0.2, 0) is 0 Å². The highest BCUT2D eigenvalue weighted by Crippen LogP contribution is 2.12. The maximum atomic E-state index is 4.03. The number of nitrogens with zero attached hydrogens (tertiary/aromatic N) is 2. The van der Waals surface area contributed by atoms with Crippen LogP contribution in [0.4, 0.5) is 5.69 Å². The number of aromatic nitrogens is 2. The Morgan fingerprint density at radius 2 is 2.06 bits per heavy atom. The molecule has 0 bridgehead atoms. The summed E-state index contributed by atoms with van der Waals surface area (Å²) in [5.41, 5.74) is 3.58. The van der Waals surface area contributed by atoms with Crippen LogP contribution in [0, 0.1) is 0 Å². The van der Waals surface area contributed by atoms with Crippen molar-refractivity contribution >= 4 is 5.69 Å². The van der Waals surface area contributed by atoms with Crippen LogP contribution in [0.5, 0.6) is 0 Å². The molecule has 0 spiro atoms. The summed E-state index contributed by atoms with van der Waals surface area (Å²) in [5, 5.41) is 3.35. The van der Waals surface area contributed by atoms with Gasteiger partial charge in [-0.1, -0.05) is 11.6 Å². The minimum Gasteiger partial charge on any atom is -0.382 e. The molecule has 1 N–H and O–H groups in total. The van der Waals surface area contributed by atoms with Gasteiger partial charge in [0.05, 0.1) is 6.33 Å². The average molecular weight is 227 g/mol. The van der Waals surface area contributed by atoms with Gasteiger partial charge in [0.1, 0.15) is 0 Å². The van der Waals surface area contributed by atoms with E-state index in [1.807, 2.05) is 10.8 Å². The first-order valence-corrected chi connectivity index (χ1v) is 5.71. The molecule has 0 fully saturated rings. The van der Waals surface area contributed by atoms with E-state index in [2.05, 4.69) is 54.5 Å². The largest absolute Gasteiger partial charge is 0.382 e. The summed E-state index contributed by atoms with van der Waals surface area (Å²) in [6, 6.07) is 8.31. The first-order chi connectivity index (χ1) is 8.25. The zero-order valence-electron chi connectivity index (χ0n) is 10.2. The van der Waals surface area contributed by atoms with Crippen LogP contribution in [-0.4, -0.2) is 16.1 Å². The van der Waals surface area contributed by atoms with Gasteiger partial charge in [-0.05, 0) is 38.1 Å². The van der Waals surface area contributed by atoms with Crippen molar-refractivity contribution in [2.75, 3.05) is 11.9 Å². The van der Waals surface area contributed by atoms with Crippen molar-refractivity contribution in [3.8, 4) is 5.69 Å². The van der Waals surface area contributed by atoms with E-state index in [0.717, 1.165) is 17.9 Å². The van der Waals surface area contributed by atoms with Crippen molar-refractivity contribution in [2.45, 2.75) is 13.8 Å². The van der Waals surface area contributed by atoms with Gasteiger partial charge >= 0.3 is 0 Å². The lowest BCUT2D eigenvalue weighted by molar-refractivity contribution is 1.06. The van der Waals surface area contributed by atoms with Crippen molar-refractivity contribution in [1.29, 1.82) is 0 Å². The van der Waals surface area contributed by atoms with Crippen molar-refractivity contribution in [3.05, 3.63) is 54.6 Å². The molecule has 0 aliphatic rings. The normalized spacial score (nSPS) is 10.0. The molecule has 1 heterocycles. The molecule has 0 saturated heterocycles. The quantitative estimate of drug-likeness (QED) is 0.812. The van der Waals surface area contributed by atoms with Gasteiger partial charge in [0, 0.05) is 30.3 Å². The second kappa shape index (κ2) is 5.34. The van der Waals surface area contributed by atoms with Gasteiger partial charge in [0.2, 0.25) is 0 Å². The topological polar surface area (TPSA) is 29.9 Å².